The highest BCUT2D eigenvalue weighted by Gasteiger charge is 2.26. The van der Waals surface area contributed by atoms with E-state index in [-0.39, 0.29) is 6.04 Å². The summed E-state index contributed by atoms with van der Waals surface area (Å²) in [4.78, 5) is 2.26. The number of likely N-dealkylation sites (N-methyl/N-ethyl adjacent to an activating group) is 1. The molecule has 1 fully saturated rings. The van der Waals surface area contributed by atoms with Crippen LogP contribution in [0.3, 0.4) is 0 Å². The molecule has 1 aromatic carbocycles. The van der Waals surface area contributed by atoms with E-state index in [9.17, 15) is 8.42 Å². The van der Waals surface area contributed by atoms with Crippen molar-refractivity contribution in [1.82, 2.24) is 13.9 Å². The van der Waals surface area contributed by atoms with Crippen LogP contribution < -0.4 is 9.46 Å². The minimum atomic E-state index is -3.45. The lowest BCUT2D eigenvalue weighted by molar-refractivity contribution is 0.218. The van der Waals surface area contributed by atoms with E-state index < -0.39 is 10.2 Å². The largest absolute Gasteiger partial charge is 0.497 e. The topological polar surface area (TPSA) is 61.9 Å². The van der Waals surface area contributed by atoms with E-state index >= 15 is 0 Å². The fraction of sp³-hybridized carbons (Fsp3) is 0.684. The van der Waals surface area contributed by atoms with Crippen LogP contribution in [0.4, 0.5) is 0 Å². The zero-order chi connectivity index (χ0) is 19.0. The summed E-state index contributed by atoms with van der Waals surface area (Å²) in [7, 11) is -1.80. The van der Waals surface area contributed by atoms with Gasteiger partial charge in [-0.2, -0.15) is 12.7 Å². The van der Waals surface area contributed by atoms with Gasteiger partial charge in [0.05, 0.1) is 7.11 Å². The van der Waals surface area contributed by atoms with Crippen LogP contribution in [0.2, 0.25) is 0 Å². The first-order chi connectivity index (χ1) is 12.5. The van der Waals surface area contributed by atoms with Crippen LogP contribution >= 0.6 is 0 Å². The Balaban J connectivity index is 2.15. The van der Waals surface area contributed by atoms with Crippen molar-refractivity contribution < 1.29 is 13.2 Å². The monoisotopic (exact) mass is 383 g/mol. The van der Waals surface area contributed by atoms with Crippen molar-refractivity contribution in [2.24, 2.45) is 0 Å². The summed E-state index contributed by atoms with van der Waals surface area (Å²) >= 11 is 0. The van der Waals surface area contributed by atoms with Crippen molar-refractivity contribution in [2.75, 3.05) is 39.8 Å². The summed E-state index contributed by atoms with van der Waals surface area (Å²) in [5.41, 5.74) is 1.06. The second kappa shape index (κ2) is 10.3. The van der Waals surface area contributed by atoms with Crippen LogP contribution in [-0.2, 0) is 10.2 Å². The molecule has 0 bridgehead atoms. The predicted octanol–water partition coefficient (Wildman–Crippen LogP) is 2.79. The van der Waals surface area contributed by atoms with Crippen molar-refractivity contribution in [3.05, 3.63) is 29.8 Å². The zero-order valence-corrected chi connectivity index (χ0v) is 17.1. The van der Waals surface area contributed by atoms with E-state index in [0.29, 0.717) is 19.6 Å². The minimum Gasteiger partial charge on any atom is -0.497 e. The summed E-state index contributed by atoms with van der Waals surface area (Å²) in [6.07, 6.45) is 4.10. The maximum atomic E-state index is 12.8. The van der Waals surface area contributed by atoms with Gasteiger partial charge in [-0.15, -0.1) is 0 Å². The highest BCUT2D eigenvalue weighted by Crippen LogP contribution is 2.24. The SMILES string of the molecule is CCN(CC)C(CNS(=O)(=O)N1CCCCCC1)c1cccc(OC)c1. The van der Waals surface area contributed by atoms with Gasteiger partial charge in [-0.25, -0.2) is 4.72 Å². The number of nitrogens with one attached hydrogen (secondary N) is 1. The van der Waals surface area contributed by atoms with E-state index in [0.717, 1.165) is 50.1 Å². The third kappa shape index (κ3) is 5.67. The fourth-order valence-corrected chi connectivity index (χ4v) is 4.82. The van der Waals surface area contributed by atoms with Gasteiger partial charge in [0, 0.05) is 25.7 Å². The van der Waals surface area contributed by atoms with Crippen molar-refractivity contribution in [3.8, 4) is 5.75 Å². The molecule has 0 saturated carbocycles. The Labute approximate surface area is 158 Å². The number of hydrogen-bond acceptors (Lipinski definition) is 4. The van der Waals surface area contributed by atoms with Crippen molar-refractivity contribution in [3.63, 3.8) is 0 Å². The van der Waals surface area contributed by atoms with Crippen LogP contribution in [0.15, 0.2) is 24.3 Å². The van der Waals surface area contributed by atoms with Gasteiger partial charge in [-0.1, -0.05) is 38.8 Å². The number of rotatable bonds is 9. The molecule has 7 heteroatoms. The average molecular weight is 384 g/mol. The summed E-state index contributed by atoms with van der Waals surface area (Å²) in [5.74, 6) is 0.787. The fourth-order valence-electron chi connectivity index (χ4n) is 3.53. The Bertz CT molecular complexity index is 639. The van der Waals surface area contributed by atoms with E-state index in [1.54, 1.807) is 11.4 Å². The lowest BCUT2D eigenvalue weighted by Gasteiger charge is -2.31. The molecule has 1 aliphatic rings. The van der Waals surface area contributed by atoms with Crippen molar-refractivity contribution in [1.29, 1.82) is 0 Å². The van der Waals surface area contributed by atoms with Gasteiger partial charge in [0.15, 0.2) is 0 Å². The van der Waals surface area contributed by atoms with E-state index in [1.165, 1.54) is 0 Å². The van der Waals surface area contributed by atoms with Crippen LogP contribution in [0, 0.1) is 0 Å². The Morgan fingerprint density at radius 1 is 1.15 bits per heavy atom. The first-order valence-electron chi connectivity index (χ1n) is 9.64. The third-order valence-corrected chi connectivity index (χ3v) is 6.67. The number of ether oxygens (including phenoxy) is 1. The Kier molecular flexibility index (Phi) is 8.34. The molecule has 0 aliphatic carbocycles. The van der Waals surface area contributed by atoms with E-state index in [4.69, 9.17) is 4.74 Å². The van der Waals surface area contributed by atoms with E-state index in [2.05, 4.69) is 23.5 Å². The normalized spacial score (nSPS) is 17.8. The lowest BCUT2D eigenvalue weighted by atomic mass is 10.0. The van der Waals surface area contributed by atoms with Gasteiger partial charge >= 0.3 is 0 Å². The number of methoxy groups -OCH3 is 1. The molecule has 1 aromatic rings. The number of nitrogens with zero attached hydrogens (tertiary/aromatic N) is 2. The maximum absolute atomic E-state index is 12.8. The molecule has 26 heavy (non-hydrogen) atoms. The zero-order valence-electron chi connectivity index (χ0n) is 16.3. The molecule has 0 aromatic heterocycles. The smallest absolute Gasteiger partial charge is 0.279 e. The second-order valence-electron chi connectivity index (χ2n) is 6.68. The molecule has 0 amide bonds. The number of hydrogen-bond donors (Lipinski definition) is 1. The standard InChI is InChI=1S/C19H33N3O3S/c1-4-21(5-2)19(17-11-10-12-18(15-17)25-3)16-20-26(23,24)22-13-8-6-7-9-14-22/h10-12,15,19-20H,4-9,13-14,16H2,1-3H3. The summed E-state index contributed by atoms with van der Waals surface area (Å²) in [6, 6.07) is 7.86. The van der Waals surface area contributed by atoms with Crippen molar-refractivity contribution in [2.45, 2.75) is 45.6 Å². The molecular formula is C19H33N3O3S. The molecule has 1 N–H and O–H groups in total. The summed E-state index contributed by atoms with van der Waals surface area (Å²) in [6.45, 7) is 7.48. The first kappa shape index (κ1) is 21.2. The average Bonchev–Trinajstić information content (AvgIpc) is 2.95. The van der Waals surface area contributed by atoms with Crippen LogP contribution in [0.25, 0.3) is 0 Å². The minimum absolute atomic E-state index is 0.0261. The first-order valence-corrected chi connectivity index (χ1v) is 11.1. The Hall–Kier alpha value is -1.15. The van der Waals surface area contributed by atoms with Crippen molar-refractivity contribution >= 4 is 10.2 Å². The molecule has 1 aliphatic heterocycles. The van der Waals surface area contributed by atoms with Gasteiger partial charge in [-0.3, -0.25) is 4.90 Å². The molecule has 2 rings (SSSR count). The molecule has 6 nitrogen and oxygen atoms in total. The molecular weight excluding hydrogens is 350 g/mol. The van der Waals surface area contributed by atoms with Gasteiger partial charge in [-0.05, 0) is 43.6 Å². The van der Waals surface area contributed by atoms with E-state index in [1.807, 2.05) is 24.3 Å². The Morgan fingerprint density at radius 2 is 1.81 bits per heavy atom. The van der Waals surface area contributed by atoms with Gasteiger partial charge in [0.2, 0.25) is 0 Å². The molecule has 1 heterocycles. The van der Waals surface area contributed by atoms with Gasteiger partial charge < -0.3 is 4.74 Å². The highest BCUT2D eigenvalue weighted by molar-refractivity contribution is 7.87. The Morgan fingerprint density at radius 3 is 2.38 bits per heavy atom. The molecule has 1 saturated heterocycles. The van der Waals surface area contributed by atoms with Crippen LogP contribution in [0.5, 0.6) is 5.75 Å². The van der Waals surface area contributed by atoms with Gasteiger partial charge in [0.25, 0.3) is 10.2 Å². The molecule has 1 unspecified atom stereocenters. The molecule has 0 radical (unpaired) electrons. The number of benzene rings is 1. The maximum Gasteiger partial charge on any atom is 0.279 e. The second-order valence-corrected chi connectivity index (χ2v) is 8.44. The summed E-state index contributed by atoms with van der Waals surface area (Å²) in [5, 5.41) is 0. The lowest BCUT2D eigenvalue weighted by Crippen LogP contribution is -2.45. The highest BCUT2D eigenvalue weighted by atomic mass is 32.2. The van der Waals surface area contributed by atoms with Crippen LogP contribution in [-0.4, -0.2) is 57.5 Å². The van der Waals surface area contributed by atoms with Crippen LogP contribution in [0.1, 0.15) is 51.1 Å². The molecule has 148 valence electrons. The van der Waals surface area contributed by atoms with Gasteiger partial charge in [0.1, 0.15) is 5.75 Å². The summed E-state index contributed by atoms with van der Waals surface area (Å²) < 4.78 is 35.3. The third-order valence-electron chi connectivity index (χ3n) is 5.10. The predicted molar refractivity (Wildman–Crippen MR) is 106 cm³/mol. The quantitative estimate of drug-likeness (QED) is 0.712. The molecule has 1 atom stereocenters. The molecule has 0 spiro atoms.